The minimum atomic E-state index is -0.00782. The lowest BCUT2D eigenvalue weighted by atomic mass is 10.3. The highest BCUT2D eigenvalue weighted by molar-refractivity contribution is 8.01. The van der Waals surface area contributed by atoms with E-state index in [1.165, 1.54) is 0 Å². The summed E-state index contributed by atoms with van der Waals surface area (Å²) in [5, 5.41) is 2.76. The summed E-state index contributed by atoms with van der Waals surface area (Å²) < 4.78 is 0.124. The van der Waals surface area contributed by atoms with Gasteiger partial charge in [-0.25, -0.2) is 0 Å². The first kappa shape index (κ1) is 12.8. The molecule has 0 fully saturated rings. The minimum Gasteiger partial charge on any atom is -0.354 e. The molecule has 4 heteroatoms. The normalized spacial score (nSPS) is 13.9. The van der Waals surface area contributed by atoms with E-state index in [4.69, 9.17) is 5.73 Å². The number of hydrogen-bond acceptors (Lipinski definition) is 3. The van der Waals surface area contributed by atoms with E-state index in [-0.39, 0.29) is 15.9 Å². The van der Waals surface area contributed by atoms with Gasteiger partial charge >= 0.3 is 0 Å². The van der Waals surface area contributed by atoms with Gasteiger partial charge in [-0.1, -0.05) is 20.8 Å². The zero-order valence-electron chi connectivity index (χ0n) is 8.89. The van der Waals surface area contributed by atoms with Crippen molar-refractivity contribution in [2.75, 3.05) is 13.1 Å². The van der Waals surface area contributed by atoms with Crippen molar-refractivity contribution in [3.05, 3.63) is 0 Å². The van der Waals surface area contributed by atoms with Crippen molar-refractivity contribution in [1.29, 1.82) is 0 Å². The molecule has 3 nitrogen and oxygen atoms in total. The first-order valence-corrected chi connectivity index (χ1v) is 5.40. The Kier molecular flexibility index (Phi) is 5.40. The summed E-state index contributed by atoms with van der Waals surface area (Å²) in [6.45, 7) is 9.29. The smallest absolute Gasteiger partial charge is 0.232 e. The number of carbonyl (C=O) groups excluding carboxylic acids is 1. The monoisotopic (exact) mass is 204 g/mol. The number of hydrogen-bond donors (Lipinski definition) is 2. The molecule has 1 amide bonds. The Morgan fingerprint density at radius 2 is 2.08 bits per heavy atom. The SMILES string of the molecule is CC(SC(C)(C)C)C(=O)NCCN. The van der Waals surface area contributed by atoms with Crippen LogP contribution in [-0.4, -0.2) is 29.0 Å². The summed E-state index contributed by atoms with van der Waals surface area (Å²) in [6, 6.07) is 0. The van der Waals surface area contributed by atoms with Crippen molar-refractivity contribution in [1.82, 2.24) is 5.32 Å². The van der Waals surface area contributed by atoms with Crippen LogP contribution in [0.2, 0.25) is 0 Å². The van der Waals surface area contributed by atoms with E-state index in [1.54, 1.807) is 11.8 Å². The zero-order chi connectivity index (χ0) is 10.5. The molecular formula is C9H20N2OS. The average Bonchev–Trinajstić information content (AvgIpc) is 1.96. The lowest BCUT2D eigenvalue weighted by Gasteiger charge is -2.22. The molecule has 0 aliphatic heterocycles. The molecule has 0 heterocycles. The molecule has 0 rings (SSSR count). The second-order valence-corrected chi connectivity index (χ2v) is 6.12. The molecule has 0 aromatic carbocycles. The summed E-state index contributed by atoms with van der Waals surface area (Å²) >= 11 is 1.66. The number of nitrogens with two attached hydrogens (primary N) is 1. The third-order valence-electron chi connectivity index (χ3n) is 1.34. The van der Waals surface area contributed by atoms with Gasteiger partial charge in [0.1, 0.15) is 0 Å². The minimum absolute atomic E-state index is 0.00782. The molecule has 1 atom stereocenters. The topological polar surface area (TPSA) is 55.1 Å². The predicted octanol–water partition coefficient (Wildman–Crippen LogP) is 0.981. The fraction of sp³-hybridized carbons (Fsp3) is 0.889. The van der Waals surface area contributed by atoms with Crippen molar-refractivity contribution in [2.24, 2.45) is 5.73 Å². The van der Waals surface area contributed by atoms with Crippen LogP contribution in [0.25, 0.3) is 0 Å². The van der Waals surface area contributed by atoms with Gasteiger partial charge in [-0.15, -0.1) is 11.8 Å². The maximum atomic E-state index is 11.4. The Morgan fingerprint density at radius 3 is 2.46 bits per heavy atom. The van der Waals surface area contributed by atoms with Gasteiger partial charge in [0.05, 0.1) is 5.25 Å². The van der Waals surface area contributed by atoms with E-state index in [1.807, 2.05) is 6.92 Å². The van der Waals surface area contributed by atoms with Crippen LogP contribution in [0.3, 0.4) is 0 Å². The fourth-order valence-electron chi connectivity index (χ4n) is 0.923. The van der Waals surface area contributed by atoms with Gasteiger partial charge in [-0.3, -0.25) is 4.79 Å². The van der Waals surface area contributed by atoms with Crippen LogP contribution in [0.15, 0.2) is 0 Å². The number of nitrogens with one attached hydrogen (secondary N) is 1. The maximum absolute atomic E-state index is 11.4. The van der Waals surface area contributed by atoms with Gasteiger partial charge in [0.25, 0.3) is 0 Å². The number of amides is 1. The molecule has 0 aliphatic carbocycles. The first-order chi connectivity index (χ1) is 5.87. The van der Waals surface area contributed by atoms with Gasteiger partial charge in [0, 0.05) is 17.8 Å². The number of thioether (sulfide) groups is 1. The Hall–Kier alpha value is -0.220. The molecule has 0 bridgehead atoms. The van der Waals surface area contributed by atoms with Crippen molar-refractivity contribution in [3.63, 3.8) is 0 Å². The van der Waals surface area contributed by atoms with Gasteiger partial charge in [0.15, 0.2) is 0 Å². The van der Waals surface area contributed by atoms with Crippen molar-refractivity contribution >= 4 is 17.7 Å². The second-order valence-electron chi connectivity index (χ2n) is 3.95. The summed E-state index contributed by atoms with van der Waals surface area (Å²) in [5.74, 6) is 0.0744. The molecule has 0 aromatic heterocycles. The van der Waals surface area contributed by atoms with Gasteiger partial charge < -0.3 is 11.1 Å². The van der Waals surface area contributed by atoms with Crippen molar-refractivity contribution in [2.45, 2.75) is 37.7 Å². The molecule has 0 saturated carbocycles. The van der Waals surface area contributed by atoms with E-state index in [9.17, 15) is 4.79 Å². The summed E-state index contributed by atoms with van der Waals surface area (Å²) in [5.41, 5.74) is 5.28. The van der Waals surface area contributed by atoms with Crippen LogP contribution >= 0.6 is 11.8 Å². The molecule has 78 valence electrons. The van der Waals surface area contributed by atoms with Crippen LogP contribution in [-0.2, 0) is 4.79 Å². The van der Waals surface area contributed by atoms with E-state index in [0.29, 0.717) is 13.1 Å². The summed E-state index contributed by atoms with van der Waals surface area (Å²) in [7, 11) is 0. The molecule has 0 spiro atoms. The standard InChI is InChI=1S/C9H20N2OS/c1-7(13-9(2,3)4)8(12)11-6-5-10/h7H,5-6,10H2,1-4H3,(H,11,12). The van der Waals surface area contributed by atoms with Crippen LogP contribution in [0, 0.1) is 0 Å². The Morgan fingerprint density at radius 1 is 1.54 bits per heavy atom. The van der Waals surface area contributed by atoms with Crippen molar-refractivity contribution < 1.29 is 4.79 Å². The lowest BCUT2D eigenvalue weighted by Crippen LogP contribution is -2.36. The molecule has 3 N–H and O–H groups in total. The van der Waals surface area contributed by atoms with E-state index in [0.717, 1.165) is 0 Å². The first-order valence-electron chi connectivity index (χ1n) is 4.52. The van der Waals surface area contributed by atoms with E-state index >= 15 is 0 Å². The molecular weight excluding hydrogens is 184 g/mol. The Bertz CT molecular complexity index is 165. The van der Waals surface area contributed by atoms with Crippen LogP contribution in [0.4, 0.5) is 0 Å². The Balaban J connectivity index is 3.83. The van der Waals surface area contributed by atoms with Gasteiger partial charge in [-0.05, 0) is 6.92 Å². The van der Waals surface area contributed by atoms with Crippen LogP contribution in [0.5, 0.6) is 0 Å². The summed E-state index contributed by atoms with van der Waals surface area (Å²) in [6.07, 6.45) is 0. The van der Waals surface area contributed by atoms with Gasteiger partial charge in [-0.2, -0.15) is 0 Å². The maximum Gasteiger partial charge on any atom is 0.232 e. The summed E-state index contributed by atoms with van der Waals surface area (Å²) in [4.78, 5) is 11.4. The van der Waals surface area contributed by atoms with E-state index < -0.39 is 0 Å². The molecule has 1 unspecified atom stereocenters. The Labute approximate surface area is 84.8 Å². The molecule has 0 radical (unpaired) electrons. The highest BCUT2D eigenvalue weighted by atomic mass is 32.2. The lowest BCUT2D eigenvalue weighted by molar-refractivity contribution is -0.120. The average molecular weight is 204 g/mol. The number of rotatable bonds is 4. The largest absolute Gasteiger partial charge is 0.354 e. The molecule has 0 saturated heterocycles. The quantitative estimate of drug-likeness (QED) is 0.718. The predicted molar refractivity (Wildman–Crippen MR) is 58.9 cm³/mol. The van der Waals surface area contributed by atoms with Crippen LogP contribution < -0.4 is 11.1 Å². The van der Waals surface area contributed by atoms with Crippen molar-refractivity contribution in [3.8, 4) is 0 Å². The third-order valence-corrected chi connectivity index (χ3v) is 2.62. The fourth-order valence-corrected chi connectivity index (χ4v) is 2.17. The second kappa shape index (κ2) is 5.50. The number of carbonyl (C=O) groups is 1. The molecule has 0 aromatic rings. The van der Waals surface area contributed by atoms with E-state index in [2.05, 4.69) is 26.1 Å². The third kappa shape index (κ3) is 6.90. The molecule has 13 heavy (non-hydrogen) atoms. The zero-order valence-corrected chi connectivity index (χ0v) is 9.70. The van der Waals surface area contributed by atoms with Gasteiger partial charge in [0.2, 0.25) is 5.91 Å². The van der Waals surface area contributed by atoms with Crippen LogP contribution in [0.1, 0.15) is 27.7 Å². The highest BCUT2D eigenvalue weighted by Gasteiger charge is 2.20. The molecule has 0 aliphatic rings. The highest BCUT2D eigenvalue weighted by Crippen LogP contribution is 2.27.